The van der Waals surface area contributed by atoms with E-state index in [4.69, 9.17) is 20.6 Å². The van der Waals surface area contributed by atoms with Gasteiger partial charge in [-0.15, -0.1) is 0 Å². The largest absolute Gasteiger partial charge is 0.368 e. The molecule has 2 aromatic rings. The zero-order valence-corrected chi connectivity index (χ0v) is 16.0. The van der Waals surface area contributed by atoms with Gasteiger partial charge < -0.3 is 14.4 Å². The molecular weight excluding hydrogens is 357 g/mol. The summed E-state index contributed by atoms with van der Waals surface area (Å²) in [6.07, 6.45) is 3.72. The van der Waals surface area contributed by atoms with Crippen molar-refractivity contribution < 1.29 is 13.6 Å². The van der Waals surface area contributed by atoms with Gasteiger partial charge in [-0.05, 0) is 49.8 Å². The first kappa shape index (κ1) is 19.7. The fourth-order valence-corrected chi connectivity index (χ4v) is 4.12. The molecule has 1 unspecified atom stereocenters. The Morgan fingerprint density at radius 1 is 1.04 bits per heavy atom. The van der Waals surface area contributed by atoms with Crippen molar-refractivity contribution in [1.82, 2.24) is 0 Å². The van der Waals surface area contributed by atoms with Crippen molar-refractivity contribution in [2.75, 3.05) is 18.5 Å². The first-order chi connectivity index (χ1) is 12.1. The van der Waals surface area contributed by atoms with Gasteiger partial charge in [0.1, 0.15) is 5.78 Å². The maximum Gasteiger partial charge on any atom is 0.356 e. The van der Waals surface area contributed by atoms with E-state index in [-0.39, 0.29) is 0 Å². The number of hydrogen-bond acceptors (Lipinski definition) is 4. The van der Waals surface area contributed by atoms with Gasteiger partial charge in [-0.2, -0.15) is 0 Å². The number of rotatable bonds is 9. The van der Waals surface area contributed by atoms with Gasteiger partial charge in [0, 0.05) is 10.7 Å². The third kappa shape index (κ3) is 6.02. The van der Waals surface area contributed by atoms with Gasteiger partial charge in [0.2, 0.25) is 0 Å². The predicted octanol–water partition coefficient (Wildman–Crippen LogP) is 6.06. The van der Waals surface area contributed by atoms with Crippen molar-refractivity contribution in [3.8, 4) is 0 Å². The highest BCUT2D eigenvalue weighted by Crippen LogP contribution is 2.53. The highest BCUT2D eigenvalue weighted by Gasteiger charge is 2.33. The van der Waals surface area contributed by atoms with Crippen molar-refractivity contribution in [2.45, 2.75) is 19.6 Å². The molecule has 0 saturated carbocycles. The summed E-state index contributed by atoms with van der Waals surface area (Å²) in [7, 11) is -3.37. The van der Waals surface area contributed by atoms with E-state index in [2.05, 4.69) is 5.32 Å². The molecule has 0 radical (unpaired) electrons. The summed E-state index contributed by atoms with van der Waals surface area (Å²) in [4.78, 5) is 0. The first-order valence-corrected chi connectivity index (χ1v) is 10.2. The van der Waals surface area contributed by atoms with Gasteiger partial charge in [0.05, 0.1) is 13.2 Å². The summed E-state index contributed by atoms with van der Waals surface area (Å²) in [5, 5.41) is 3.87. The van der Waals surface area contributed by atoms with Crippen LogP contribution in [0.2, 0.25) is 5.02 Å². The van der Waals surface area contributed by atoms with Crippen molar-refractivity contribution in [2.24, 2.45) is 0 Å². The normalized spacial score (nSPS) is 13.1. The lowest BCUT2D eigenvalue weighted by atomic mass is 10.2. The highest BCUT2D eigenvalue weighted by atomic mass is 35.5. The van der Waals surface area contributed by atoms with E-state index in [1.54, 1.807) is 26.0 Å². The second-order valence-corrected chi connectivity index (χ2v) is 7.83. The molecule has 0 bridgehead atoms. The topological polar surface area (TPSA) is 47.6 Å². The van der Waals surface area contributed by atoms with Crippen molar-refractivity contribution in [1.29, 1.82) is 0 Å². The molecule has 0 heterocycles. The van der Waals surface area contributed by atoms with Crippen molar-refractivity contribution in [3.63, 3.8) is 0 Å². The van der Waals surface area contributed by atoms with Crippen molar-refractivity contribution >= 4 is 31.0 Å². The predicted molar refractivity (Wildman–Crippen MR) is 105 cm³/mol. The first-order valence-electron chi connectivity index (χ1n) is 8.21. The van der Waals surface area contributed by atoms with Gasteiger partial charge in [0.15, 0.2) is 0 Å². The molecule has 4 nitrogen and oxygen atoms in total. The van der Waals surface area contributed by atoms with E-state index < -0.39 is 13.4 Å². The van der Waals surface area contributed by atoms with Crippen LogP contribution in [-0.2, 0) is 13.6 Å². The molecular formula is C19H23ClNO3P. The van der Waals surface area contributed by atoms with Gasteiger partial charge >= 0.3 is 7.60 Å². The van der Waals surface area contributed by atoms with Crippen LogP contribution in [0.3, 0.4) is 0 Å². The van der Waals surface area contributed by atoms with Crippen LogP contribution in [0.15, 0.2) is 60.7 Å². The lowest BCUT2D eigenvalue weighted by Gasteiger charge is -2.25. The smallest absolute Gasteiger partial charge is 0.356 e. The average Bonchev–Trinajstić information content (AvgIpc) is 2.61. The number of hydrogen-bond donors (Lipinski definition) is 1. The molecule has 0 spiro atoms. The summed E-state index contributed by atoms with van der Waals surface area (Å²) in [6, 6.07) is 17.0. The maximum atomic E-state index is 13.2. The van der Waals surface area contributed by atoms with Crippen LogP contribution in [0.4, 0.5) is 5.69 Å². The van der Waals surface area contributed by atoms with Crippen LogP contribution in [-0.4, -0.2) is 19.0 Å². The molecule has 0 amide bonds. The second kappa shape index (κ2) is 9.79. The fraction of sp³-hybridized carbons (Fsp3) is 0.263. The van der Waals surface area contributed by atoms with Crippen LogP contribution < -0.4 is 5.32 Å². The number of anilines is 1. The summed E-state index contributed by atoms with van der Waals surface area (Å²) in [6.45, 7) is 4.20. The molecule has 25 heavy (non-hydrogen) atoms. The van der Waals surface area contributed by atoms with E-state index in [0.29, 0.717) is 18.2 Å². The zero-order chi connectivity index (χ0) is 18.1. The Morgan fingerprint density at radius 2 is 1.64 bits per heavy atom. The van der Waals surface area contributed by atoms with Crippen LogP contribution in [0.1, 0.15) is 19.4 Å². The molecule has 1 atom stereocenters. The summed E-state index contributed by atoms with van der Waals surface area (Å²) in [5.74, 6) is -0.617. The molecule has 0 saturated heterocycles. The summed E-state index contributed by atoms with van der Waals surface area (Å²) in [5.41, 5.74) is 1.79. The molecule has 6 heteroatoms. The van der Waals surface area contributed by atoms with E-state index in [1.807, 2.05) is 54.6 Å². The molecule has 134 valence electrons. The Hall–Kier alpha value is -1.58. The Bertz CT molecular complexity index is 709. The average molecular weight is 380 g/mol. The standard InChI is InChI=1S/C19H23ClNO3P/c1-3-23-25(22,24-4-2)19(15-10-16-8-6-5-7-9-16)21-18-13-11-17(20)12-14-18/h5-15,19,21H,3-4H2,1-2H3/b15-10+. The Morgan fingerprint density at radius 3 is 2.20 bits per heavy atom. The van der Waals surface area contributed by atoms with Gasteiger partial charge in [-0.3, -0.25) is 4.57 Å². The number of halogens is 1. The molecule has 1 N–H and O–H groups in total. The van der Waals surface area contributed by atoms with Crippen LogP contribution in [0, 0.1) is 0 Å². The van der Waals surface area contributed by atoms with Gasteiger partial charge in [0.25, 0.3) is 0 Å². The van der Waals surface area contributed by atoms with Crippen LogP contribution >= 0.6 is 19.2 Å². The lowest BCUT2D eigenvalue weighted by molar-refractivity contribution is 0.217. The lowest BCUT2D eigenvalue weighted by Crippen LogP contribution is -2.20. The SMILES string of the molecule is CCOP(=O)(OCC)C(/C=C/c1ccccc1)Nc1ccc(Cl)cc1. The second-order valence-electron chi connectivity index (χ2n) is 5.24. The summed E-state index contributed by atoms with van der Waals surface area (Å²) >= 11 is 5.93. The van der Waals surface area contributed by atoms with E-state index in [9.17, 15) is 4.57 Å². The monoisotopic (exact) mass is 379 g/mol. The molecule has 0 aliphatic heterocycles. The Labute approximate surface area is 154 Å². The fourth-order valence-electron chi connectivity index (χ4n) is 2.27. The minimum Gasteiger partial charge on any atom is -0.368 e. The molecule has 0 aliphatic rings. The summed E-state index contributed by atoms with van der Waals surface area (Å²) < 4.78 is 24.2. The van der Waals surface area contributed by atoms with Crippen LogP contribution in [0.5, 0.6) is 0 Å². The number of benzene rings is 2. The Balaban J connectivity index is 2.30. The van der Waals surface area contributed by atoms with Crippen LogP contribution in [0.25, 0.3) is 6.08 Å². The van der Waals surface area contributed by atoms with Crippen molar-refractivity contribution in [3.05, 3.63) is 71.3 Å². The maximum absolute atomic E-state index is 13.2. The molecule has 0 aliphatic carbocycles. The Kier molecular flexibility index (Phi) is 7.73. The minimum atomic E-state index is -3.37. The van der Waals surface area contributed by atoms with E-state index >= 15 is 0 Å². The molecule has 2 aromatic carbocycles. The highest BCUT2D eigenvalue weighted by molar-refractivity contribution is 7.55. The quantitative estimate of drug-likeness (QED) is 0.538. The van der Waals surface area contributed by atoms with Gasteiger partial charge in [-0.25, -0.2) is 0 Å². The minimum absolute atomic E-state index is 0.301. The molecule has 0 fully saturated rings. The van der Waals surface area contributed by atoms with Gasteiger partial charge in [-0.1, -0.05) is 48.0 Å². The third-order valence-corrected chi connectivity index (χ3v) is 5.86. The third-order valence-electron chi connectivity index (χ3n) is 3.39. The van der Waals surface area contributed by atoms with E-state index in [0.717, 1.165) is 11.3 Å². The zero-order valence-electron chi connectivity index (χ0n) is 14.4. The number of nitrogens with one attached hydrogen (secondary N) is 1. The van der Waals surface area contributed by atoms with E-state index in [1.165, 1.54) is 0 Å². The molecule has 2 rings (SSSR count). The molecule has 0 aromatic heterocycles.